The number of pyridine rings is 1. The summed E-state index contributed by atoms with van der Waals surface area (Å²) < 4.78 is 0. The summed E-state index contributed by atoms with van der Waals surface area (Å²) in [5.41, 5.74) is 2.20. The minimum Gasteiger partial charge on any atom is -0.478 e. The predicted molar refractivity (Wildman–Crippen MR) is 74.1 cm³/mol. The molecule has 0 radical (unpaired) electrons. The lowest BCUT2D eigenvalue weighted by molar-refractivity contribution is 0.0697. The van der Waals surface area contributed by atoms with E-state index in [9.17, 15) is 4.79 Å². The fourth-order valence-corrected chi connectivity index (χ4v) is 2.09. The number of hydrogen-bond donors (Lipinski definition) is 1. The number of carboxylic acid groups (broad SMARTS) is 1. The summed E-state index contributed by atoms with van der Waals surface area (Å²) in [7, 11) is 0. The molecule has 19 heavy (non-hydrogen) atoms. The highest BCUT2D eigenvalue weighted by Crippen LogP contribution is 2.24. The van der Waals surface area contributed by atoms with Gasteiger partial charge >= 0.3 is 5.97 Å². The number of nitrogens with zero attached hydrogens (tertiary/aromatic N) is 1. The summed E-state index contributed by atoms with van der Waals surface area (Å²) in [6.45, 7) is 0. The van der Waals surface area contributed by atoms with Crippen molar-refractivity contribution in [1.82, 2.24) is 4.98 Å². The van der Waals surface area contributed by atoms with Gasteiger partial charge in [-0.1, -0.05) is 24.3 Å². The molecule has 0 aliphatic heterocycles. The number of carboxylic acids is 1. The molecule has 0 amide bonds. The third-order valence-corrected chi connectivity index (χ3v) is 3.08. The van der Waals surface area contributed by atoms with Crippen LogP contribution in [0.1, 0.15) is 10.4 Å². The maximum Gasteiger partial charge on any atom is 0.335 e. The largest absolute Gasteiger partial charge is 0.478 e. The molecule has 2 aromatic carbocycles. The van der Waals surface area contributed by atoms with E-state index in [0.717, 1.165) is 21.9 Å². The van der Waals surface area contributed by atoms with Crippen molar-refractivity contribution in [2.75, 3.05) is 0 Å². The van der Waals surface area contributed by atoms with Crippen molar-refractivity contribution >= 4 is 16.7 Å². The van der Waals surface area contributed by atoms with Gasteiger partial charge in [0.2, 0.25) is 0 Å². The van der Waals surface area contributed by atoms with Crippen molar-refractivity contribution in [3.63, 3.8) is 0 Å². The van der Waals surface area contributed by atoms with Gasteiger partial charge in [0.1, 0.15) is 0 Å². The Labute approximate surface area is 110 Å². The van der Waals surface area contributed by atoms with E-state index in [2.05, 4.69) is 4.98 Å². The second-order valence-corrected chi connectivity index (χ2v) is 4.32. The number of rotatable bonds is 2. The molecular weight excluding hydrogens is 238 g/mol. The number of aromatic carboxylic acids is 1. The quantitative estimate of drug-likeness (QED) is 0.754. The fraction of sp³-hybridized carbons (Fsp3) is 0. The SMILES string of the molecule is O=C(O)c1cccc(-c2ccc3cnccc3c2)c1. The molecule has 0 fully saturated rings. The van der Waals surface area contributed by atoms with Crippen molar-refractivity contribution < 1.29 is 9.90 Å². The van der Waals surface area contributed by atoms with Crippen LogP contribution in [0.2, 0.25) is 0 Å². The number of fused-ring (bicyclic) bond motifs is 1. The molecular formula is C16H11NO2. The highest BCUT2D eigenvalue weighted by molar-refractivity contribution is 5.91. The monoisotopic (exact) mass is 249 g/mol. The van der Waals surface area contributed by atoms with Crippen molar-refractivity contribution in [3.8, 4) is 11.1 Å². The van der Waals surface area contributed by atoms with Gasteiger partial charge in [-0.25, -0.2) is 4.79 Å². The van der Waals surface area contributed by atoms with Gasteiger partial charge in [-0.15, -0.1) is 0 Å². The lowest BCUT2D eigenvalue weighted by Gasteiger charge is -2.05. The molecule has 3 aromatic rings. The second-order valence-electron chi connectivity index (χ2n) is 4.32. The average molecular weight is 249 g/mol. The maximum absolute atomic E-state index is 11.0. The average Bonchev–Trinajstić information content (AvgIpc) is 2.47. The maximum atomic E-state index is 11.0. The van der Waals surface area contributed by atoms with Crippen LogP contribution in [0.3, 0.4) is 0 Å². The summed E-state index contributed by atoms with van der Waals surface area (Å²) in [5.74, 6) is -0.910. The lowest BCUT2D eigenvalue weighted by Crippen LogP contribution is -1.95. The minimum atomic E-state index is -0.910. The van der Waals surface area contributed by atoms with Crippen LogP contribution in [0.25, 0.3) is 21.9 Å². The van der Waals surface area contributed by atoms with Crippen molar-refractivity contribution in [3.05, 3.63) is 66.5 Å². The Bertz CT molecular complexity index is 765. The molecule has 1 aromatic heterocycles. The van der Waals surface area contributed by atoms with E-state index in [-0.39, 0.29) is 0 Å². The zero-order valence-electron chi connectivity index (χ0n) is 10.1. The summed E-state index contributed by atoms with van der Waals surface area (Å²) in [5, 5.41) is 11.2. The molecule has 1 heterocycles. The Kier molecular flexibility index (Phi) is 2.72. The highest BCUT2D eigenvalue weighted by atomic mass is 16.4. The van der Waals surface area contributed by atoms with Gasteiger partial charge in [0.05, 0.1) is 5.56 Å². The Morgan fingerprint density at radius 2 is 1.79 bits per heavy atom. The lowest BCUT2D eigenvalue weighted by atomic mass is 10.0. The van der Waals surface area contributed by atoms with Crippen LogP contribution in [0.15, 0.2) is 60.9 Å². The van der Waals surface area contributed by atoms with Gasteiger partial charge in [0.25, 0.3) is 0 Å². The van der Waals surface area contributed by atoms with E-state index in [1.165, 1.54) is 0 Å². The Morgan fingerprint density at radius 1 is 0.947 bits per heavy atom. The summed E-state index contributed by atoms with van der Waals surface area (Å²) in [6.07, 6.45) is 3.56. The molecule has 0 bridgehead atoms. The van der Waals surface area contributed by atoms with Crippen molar-refractivity contribution in [2.24, 2.45) is 0 Å². The fourth-order valence-electron chi connectivity index (χ4n) is 2.09. The van der Waals surface area contributed by atoms with Crippen LogP contribution < -0.4 is 0 Å². The smallest absolute Gasteiger partial charge is 0.335 e. The summed E-state index contributed by atoms with van der Waals surface area (Å²) in [6, 6.07) is 14.9. The molecule has 92 valence electrons. The van der Waals surface area contributed by atoms with Crippen LogP contribution in [0.5, 0.6) is 0 Å². The molecule has 0 aliphatic carbocycles. The van der Waals surface area contributed by atoms with E-state index in [4.69, 9.17) is 5.11 Å². The molecule has 3 nitrogen and oxygen atoms in total. The Hall–Kier alpha value is -2.68. The Morgan fingerprint density at radius 3 is 2.63 bits per heavy atom. The van der Waals surface area contributed by atoms with Gasteiger partial charge < -0.3 is 5.11 Å². The normalized spacial score (nSPS) is 10.5. The first-order valence-electron chi connectivity index (χ1n) is 5.91. The molecule has 3 rings (SSSR count). The molecule has 0 atom stereocenters. The third kappa shape index (κ3) is 2.18. The minimum absolute atomic E-state index is 0.298. The van der Waals surface area contributed by atoms with E-state index in [1.54, 1.807) is 24.4 Å². The van der Waals surface area contributed by atoms with Gasteiger partial charge in [-0.3, -0.25) is 4.98 Å². The first kappa shape index (κ1) is 11.4. The van der Waals surface area contributed by atoms with Crippen LogP contribution in [0.4, 0.5) is 0 Å². The molecule has 0 aliphatic rings. The number of benzene rings is 2. The molecule has 1 N–H and O–H groups in total. The summed E-state index contributed by atoms with van der Waals surface area (Å²) in [4.78, 5) is 15.1. The van der Waals surface area contributed by atoms with E-state index in [0.29, 0.717) is 5.56 Å². The van der Waals surface area contributed by atoms with Crippen LogP contribution >= 0.6 is 0 Å². The summed E-state index contributed by atoms with van der Waals surface area (Å²) >= 11 is 0. The number of hydrogen-bond acceptors (Lipinski definition) is 2. The highest BCUT2D eigenvalue weighted by Gasteiger charge is 2.05. The van der Waals surface area contributed by atoms with Crippen molar-refractivity contribution in [2.45, 2.75) is 0 Å². The number of carbonyl (C=O) groups is 1. The second kappa shape index (κ2) is 4.53. The zero-order valence-corrected chi connectivity index (χ0v) is 10.1. The standard InChI is InChI=1S/C16H11NO2/c18-16(19)14-3-1-2-11(9-14)12-4-5-15-10-17-7-6-13(15)8-12/h1-10H,(H,18,19). The van der Waals surface area contributed by atoms with E-state index < -0.39 is 5.97 Å². The topological polar surface area (TPSA) is 50.2 Å². The molecule has 0 spiro atoms. The van der Waals surface area contributed by atoms with Gasteiger partial charge in [-0.2, -0.15) is 0 Å². The van der Waals surface area contributed by atoms with Crippen LogP contribution in [-0.2, 0) is 0 Å². The van der Waals surface area contributed by atoms with E-state index in [1.807, 2.05) is 36.5 Å². The van der Waals surface area contributed by atoms with Crippen LogP contribution in [-0.4, -0.2) is 16.1 Å². The zero-order chi connectivity index (χ0) is 13.2. The van der Waals surface area contributed by atoms with Gasteiger partial charge in [0.15, 0.2) is 0 Å². The third-order valence-electron chi connectivity index (χ3n) is 3.08. The molecule has 0 saturated carbocycles. The number of aromatic nitrogens is 1. The first-order chi connectivity index (χ1) is 9.24. The van der Waals surface area contributed by atoms with Crippen LogP contribution in [0, 0.1) is 0 Å². The Balaban J connectivity index is 2.13. The first-order valence-corrected chi connectivity index (χ1v) is 5.91. The van der Waals surface area contributed by atoms with Gasteiger partial charge in [-0.05, 0) is 40.8 Å². The van der Waals surface area contributed by atoms with Gasteiger partial charge in [0, 0.05) is 17.8 Å². The predicted octanol–water partition coefficient (Wildman–Crippen LogP) is 3.60. The molecule has 0 saturated heterocycles. The molecule has 3 heteroatoms. The molecule has 0 unspecified atom stereocenters. The van der Waals surface area contributed by atoms with Crippen molar-refractivity contribution in [1.29, 1.82) is 0 Å². The van der Waals surface area contributed by atoms with E-state index >= 15 is 0 Å².